The molecular weight excluding hydrogens is 200 g/mol. The molecule has 2 rings (SSSR count). The predicted octanol–water partition coefficient (Wildman–Crippen LogP) is 0.853. The van der Waals surface area contributed by atoms with E-state index in [9.17, 15) is 4.79 Å². The van der Waals surface area contributed by atoms with Gasteiger partial charge < -0.3 is 11.1 Å². The molecule has 0 saturated carbocycles. The van der Waals surface area contributed by atoms with Gasteiger partial charge in [-0.05, 0) is 36.2 Å². The van der Waals surface area contributed by atoms with Gasteiger partial charge in [0.2, 0.25) is 5.91 Å². The smallest absolute Gasteiger partial charge is 0.248 e. The summed E-state index contributed by atoms with van der Waals surface area (Å²) in [5.41, 5.74) is 8.32. The van der Waals surface area contributed by atoms with Crippen LogP contribution in [0.5, 0.6) is 0 Å². The molecule has 76 valence electrons. The van der Waals surface area contributed by atoms with Crippen molar-refractivity contribution >= 4 is 18.3 Å². The average Bonchev–Trinajstić information content (AvgIpc) is 2.17. The van der Waals surface area contributed by atoms with Gasteiger partial charge >= 0.3 is 0 Å². The third-order valence-electron chi connectivity index (χ3n) is 2.38. The molecule has 0 bridgehead atoms. The lowest BCUT2D eigenvalue weighted by molar-refractivity contribution is 0.1000. The minimum Gasteiger partial charge on any atom is -0.366 e. The molecule has 0 aromatic heterocycles. The Morgan fingerprint density at radius 2 is 2.14 bits per heavy atom. The Morgan fingerprint density at radius 3 is 2.86 bits per heavy atom. The van der Waals surface area contributed by atoms with Crippen molar-refractivity contribution < 1.29 is 4.79 Å². The summed E-state index contributed by atoms with van der Waals surface area (Å²) in [6.45, 7) is 1.88. The monoisotopic (exact) mass is 212 g/mol. The lowest BCUT2D eigenvalue weighted by atomic mass is 9.98. The van der Waals surface area contributed by atoms with E-state index in [1.807, 2.05) is 12.1 Å². The number of hydrogen-bond donors (Lipinski definition) is 2. The normalized spacial score (nSPS) is 14.0. The van der Waals surface area contributed by atoms with Crippen molar-refractivity contribution in [2.24, 2.45) is 5.73 Å². The van der Waals surface area contributed by atoms with Crippen LogP contribution in [0.1, 0.15) is 21.5 Å². The van der Waals surface area contributed by atoms with Crippen molar-refractivity contribution in [3.05, 3.63) is 34.9 Å². The Hall–Kier alpha value is -1.06. The molecule has 0 radical (unpaired) electrons. The molecule has 0 aliphatic carbocycles. The second kappa shape index (κ2) is 4.44. The van der Waals surface area contributed by atoms with Gasteiger partial charge in [0.15, 0.2) is 0 Å². The third-order valence-corrected chi connectivity index (χ3v) is 2.38. The predicted molar refractivity (Wildman–Crippen MR) is 57.6 cm³/mol. The van der Waals surface area contributed by atoms with Crippen molar-refractivity contribution in [2.75, 3.05) is 6.54 Å². The van der Waals surface area contributed by atoms with Crippen molar-refractivity contribution in [3.8, 4) is 0 Å². The Balaban J connectivity index is 0.000000980. The highest BCUT2D eigenvalue weighted by Gasteiger charge is 2.10. The maximum Gasteiger partial charge on any atom is 0.248 e. The summed E-state index contributed by atoms with van der Waals surface area (Å²) in [5.74, 6) is -0.346. The first-order valence-corrected chi connectivity index (χ1v) is 4.40. The number of nitrogens with two attached hydrogens (primary N) is 1. The molecule has 1 amide bonds. The minimum absolute atomic E-state index is 0. The summed E-state index contributed by atoms with van der Waals surface area (Å²) in [7, 11) is 0. The maximum absolute atomic E-state index is 10.9. The molecule has 1 aliphatic rings. The number of amides is 1. The summed E-state index contributed by atoms with van der Waals surface area (Å²) >= 11 is 0. The van der Waals surface area contributed by atoms with Gasteiger partial charge in [-0.15, -0.1) is 12.4 Å². The van der Waals surface area contributed by atoms with Crippen LogP contribution in [0.3, 0.4) is 0 Å². The SMILES string of the molecule is Cl.NC(=O)c1ccc2c(c1)CCNC2. The lowest BCUT2D eigenvalue weighted by Crippen LogP contribution is -2.24. The molecule has 1 heterocycles. The summed E-state index contributed by atoms with van der Waals surface area (Å²) in [5, 5.41) is 3.27. The van der Waals surface area contributed by atoms with E-state index < -0.39 is 0 Å². The molecule has 1 aliphatic heterocycles. The highest BCUT2D eigenvalue weighted by molar-refractivity contribution is 5.93. The molecular formula is C10H13ClN2O. The summed E-state index contributed by atoms with van der Waals surface area (Å²) in [4.78, 5) is 10.9. The molecule has 14 heavy (non-hydrogen) atoms. The van der Waals surface area contributed by atoms with Gasteiger partial charge in [-0.1, -0.05) is 6.07 Å². The van der Waals surface area contributed by atoms with Crippen LogP contribution < -0.4 is 11.1 Å². The lowest BCUT2D eigenvalue weighted by Gasteiger charge is -2.17. The first kappa shape index (κ1) is 11.0. The number of carbonyl (C=O) groups excluding carboxylic acids is 1. The standard InChI is InChI=1S/C10H12N2O.ClH/c11-10(13)8-1-2-9-6-12-4-3-7(9)5-8;/h1-2,5,12H,3-4,6H2,(H2,11,13);1H. The van der Waals surface area contributed by atoms with Crippen LogP contribution >= 0.6 is 12.4 Å². The van der Waals surface area contributed by atoms with Crippen molar-refractivity contribution in [2.45, 2.75) is 13.0 Å². The molecule has 0 spiro atoms. The highest BCUT2D eigenvalue weighted by Crippen LogP contribution is 2.15. The van der Waals surface area contributed by atoms with Crippen LogP contribution in [0.4, 0.5) is 0 Å². The van der Waals surface area contributed by atoms with Crippen LogP contribution in [0.25, 0.3) is 0 Å². The van der Waals surface area contributed by atoms with E-state index in [0.29, 0.717) is 5.56 Å². The van der Waals surface area contributed by atoms with Crippen LogP contribution in [0.2, 0.25) is 0 Å². The van der Waals surface area contributed by atoms with Crippen molar-refractivity contribution in [3.63, 3.8) is 0 Å². The topological polar surface area (TPSA) is 55.1 Å². The Bertz CT molecular complexity index is 352. The quantitative estimate of drug-likeness (QED) is 0.726. The summed E-state index contributed by atoms with van der Waals surface area (Å²) in [6.07, 6.45) is 0.983. The fraction of sp³-hybridized carbons (Fsp3) is 0.300. The van der Waals surface area contributed by atoms with Gasteiger partial charge in [0.05, 0.1) is 0 Å². The molecule has 0 fully saturated rings. The van der Waals surface area contributed by atoms with E-state index in [4.69, 9.17) is 5.73 Å². The molecule has 0 unspecified atom stereocenters. The van der Waals surface area contributed by atoms with E-state index >= 15 is 0 Å². The van der Waals surface area contributed by atoms with Crippen LogP contribution in [-0.4, -0.2) is 12.5 Å². The first-order chi connectivity index (χ1) is 6.27. The van der Waals surface area contributed by atoms with Gasteiger partial charge in [0.25, 0.3) is 0 Å². The first-order valence-electron chi connectivity index (χ1n) is 4.40. The van der Waals surface area contributed by atoms with Gasteiger partial charge in [-0.3, -0.25) is 4.79 Å². The fourth-order valence-electron chi connectivity index (χ4n) is 1.63. The summed E-state index contributed by atoms with van der Waals surface area (Å²) in [6, 6.07) is 5.66. The Kier molecular flexibility index (Phi) is 3.49. The average molecular weight is 213 g/mol. The number of fused-ring (bicyclic) bond motifs is 1. The molecule has 1 aromatic carbocycles. The van der Waals surface area contributed by atoms with Gasteiger partial charge in [0, 0.05) is 12.1 Å². The number of benzene rings is 1. The second-order valence-corrected chi connectivity index (χ2v) is 3.27. The Morgan fingerprint density at radius 1 is 1.36 bits per heavy atom. The third kappa shape index (κ3) is 2.05. The van der Waals surface area contributed by atoms with E-state index in [1.165, 1.54) is 11.1 Å². The molecule has 0 atom stereocenters. The largest absolute Gasteiger partial charge is 0.366 e. The van der Waals surface area contributed by atoms with Gasteiger partial charge in [-0.2, -0.15) is 0 Å². The molecule has 4 heteroatoms. The van der Waals surface area contributed by atoms with E-state index in [2.05, 4.69) is 5.32 Å². The highest BCUT2D eigenvalue weighted by atomic mass is 35.5. The zero-order valence-corrected chi connectivity index (χ0v) is 8.56. The van der Waals surface area contributed by atoms with E-state index in [-0.39, 0.29) is 18.3 Å². The number of nitrogens with one attached hydrogen (secondary N) is 1. The summed E-state index contributed by atoms with van der Waals surface area (Å²) < 4.78 is 0. The van der Waals surface area contributed by atoms with Crippen molar-refractivity contribution in [1.82, 2.24) is 5.32 Å². The van der Waals surface area contributed by atoms with Crippen LogP contribution in [0, 0.1) is 0 Å². The zero-order chi connectivity index (χ0) is 9.26. The molecule has 3 N–H and O–H groups in total. The zero-order valence-electron chi connectivity index (χ0n) is 7.75. The molecule has 0 saturated heterocycles. The van der Waals surface area contributed by atoms with E-state index in [0.717, 1.165) is 19.5 Å². The number of rotatable bonds is 1. The Labute approximate surface area is 89.1 Å². The minimum atomic E-state index is -0.346. The van der Waals surface area contributed by atoms with Crippen LogP contribution in [-0.2, 0) is 13.0 Å². The van der Waals surface area contributed by atoms with Gasteiger partial charge in [0.1, 0.15) is 0 Å². The maximum atomic E-state index is 10.9. The number of halogens is 1. The van der Waals surface area contributed by atoms with Crippen molar-refractivity contribution in [1.29, 1.82) is 0 Å². The van der Waals surface area contributed by atoms with E-state index in [1.54, 1.807) is 6.07 Å². The second-order valence-electron chi connectivity index (χ2n) is 3.27. The number of carbonyl (C=O) groups is 1. The van der Waals surface area contributed by atoms with Crippen LogP contribution in [0.15, 0.2) is 18.2 Å². The molecule has 3 nitrogen and oxygen atoms in total. The fourth-order valence-corrected chi connectivity index (χ4v) is 1.63. The number of hydrogen-bond acceptors (Lipinski definition) is 2. The molecule has 1 aromatic rings. The van der Waals surface area contributed by atoms with Gasteiger partial charge in [-0.25, -0.2) is 0 Å². The number of primary amides is 1.